The van der Waals surface area contributed by atoms with Gasteiger partial charge in [-0.25, -0.2) is 0 Å². The van der Waals surface area contributed by atoms with Crippen molar-refractivity contribution in [1.82, 2.24) is 9.80 Å². The van der Waals surface area contributed by atoms with Crippen LogP contribution in [0, 0.1) is 12.8 Å². The number of amides is 2. The Labute approximate surface area is 179 Å². The summed E-state index contributed by atoms with van der Waals surface area (Å²) in [7, 11) is 0. The smallest absolute Gasteiger partial charge is 0.309 e. The van der Waals surface area contributed by atoms with E-state index in [0.717, 1.165) is 24.8 Å². The highest BCUT2D eigenvalue weighted by Gasteiger charge is 2.35. The fourth-order valence-electron chi connectivity index (χ4n) is 4.69. The molecule has 0 unspecified atom stereocenters. The third-order valence-corrected chi connectivity index (χ3v) is 6.58. The molecule has 164 valence electrons. The minimum Gasteiger partial charge on any atom is -0.452 e. The molecule has 0 spiro atoms. The van der Waals surface area contributed by atoms with Crippen molar-refractivity contribution < 1.29 is 19.1 Å². The van der Waals surface area contributed by atoms with Crippen LogP contribution in [0.5, 0.6) is 0 Å². The van der Waals surface area contributed by atoms with Gasteiger partial charge in [-0.3, -0.25) is 14.4 Å². The SMILES string of the molecule is Cc1ccccc1C(=O)N1CCC(C(=O)O[C@H](C)C(=O)N2[C@@H](C)CCC[C@@H]2C)CC1. The van der Waals surface area contributed by atoms with E-state index in [4.69, 9.17) is 4.74 Å². The Morgan fingerprint density at radius 1 is 1.00 bits per heavy atom. The number of piperidine rings is 2. The molecule has 2 heterocycles. The number of hydrogen-bond acceptors (Lipinski definition) is 4. The summed E-state index contributed by atoms with van der Waals surface area (Å²) in [5, 5.41) is 0. The van der Waals surface area contributed by atoms with Crippen LogP contribution < -0.4 is 0 Å². The number of nitrogens with zero attached hydrogens (tertiary/aromatic N) is 2. The Balaban J connectivity index is 1.52. The molecule has 2 aliphatic heterocycles. The number of aryl methyl sites for hydroxylation is 1. The van der Waals surface area contributed by atoms with E-state index in [0.29, 0.717) is 31.5 Å². The van der Waals surface area contributed by atoms with Crippen LogP contribution in [0.25, 0.3) is 0 Å². The van der Waals surface area contributed by atoms with E-state index in [-0.39, 0.29) is 35.8 Å². The number of likely N-dealkylation sites (tertiary alicyclic amines) is 2. The lowest BCUT2D eigenvalue weighted by atomic mass is 9.95. The van der Waals surface area contributed by atoms with Gasteiger partial charge < -0.3 is 14.5 Å². The first kappa shape index (κ1) is 22.3. The average Bonchev–Trinajstić information content (AvgIpc) is 2.73. The van der Waals surface area contributed by atoms with Gasteiger partial charge in [0.15, 0.2) is 6.10 Å². The molecule has 2 fully saturated rings. The first-order chi connectivity index (χ1) is 14.3. The number of hydrogen-bond donors (Lipinski definition) is 0. The number of ether oxygens (including phenoxy) is 1. The molecular formula is C24H34N2O4. The summed E-state index contributed by atoms with van der Waals surface area (Å²) in [6.45, 7) is 8.77. The van der Waals surface area contributed by atoms with E-state index < -0.39 is 6.10 Å². The van der Waals surface area contributed by atoms with Crippen LogP contribution >= 0.6 is 0 Å². The van der Waals surface area contributed by atoms with Gasteiger partial charge in [0, 0.05) is 30.7 Å². The predicted octanol–water partition coefficient (Wildman–Crippen LogP) is 3.57. The molecule has 2 amide bonds. The highest BCUT2D eigenvalue weighted by molar-refractivity contribution is 5.95. The summed E-state index contributed by atoms with van der Waals surface area (Å²) >= 11 is 0. The Morgan fingerprint density at radius 3 is 2.20 bits per heavy atom. The molecule has 0 saturated carbocycles. The maximum Gasteiger partial charge on any atom is 0.309 e. The second-order valence-electron chi connectivity index (χ2n) is 8.83. The minimum atomic E-state index is -0.771. The van der Waals surface area contributed by atoms with Crippen LogP contribution in [0.15, 0.2) is 24.3 Å². The highest BCUT2D eigenvalue weighted by Crippen LogP contribution is 2.25. The minimum absolute atomic E-state index is 0.0107. The zero-order valence-corrected chi connectivity index (χ0v) is 18.6. The standard InChI is InChI=1S/C24H34N2O4/c1-16-8-5-6-11-21(16)23(28)25-14-12-20(13-15-25)24(29)30-19(4)22(27)26-17(2)9-7-10-18(26)3/h5-6,8,11,17-20H,7,9-10,12-15H2,1-4H3/t17-,18-,19+/m0/s1. The number of carbonyl (C=O) groups is 3. The Morgan fingerprint density at radius 2 is 1.60 bits per heavy atom. The molecule has 0 aromatic heterocycles. The van der Waals surface area contributed by atoms with Crippen molar-refractivity contribution in [3.8, 4) is 0 Å². The quantitative estimate of drug-likeness (QED) is 0.707. The maximum absolute atomic E-state index is 12.9. The Bertz CT molecular complexity index is 775. The van der Waals surface area contributed by atoms with Crippen LogP contribution in [-0.2, 0) is 14.3 Å². The first-order valence-electron chi connectivity index (χ1n) is 11.2. The van der Waals surface area contributed by atoms with Crippen molar-refractivity contribution in [3.05, 3.63) is 35.4 Å². The van der Waals surface area contributed by atoms with Crippen LogP contribution in [-0.4, -0.2) is 58.9 Å². The zero-order chi connectivity index (χ0) is 21.8. The normalized spacial score (nSPS) is 23.7. The summed E-state index contributed by atoms with van der Waals surface area (Å²) in [6.07, 6.45) is 3.46. The van der Waals surface area contributed by atoms with E-state index in [9.17, 15) is 14.4 Å². The van der Waals surface area contributed by atoms with Crippen molar-refractivity contribution in [3.63, 3.8) is 0 Å². The van der Waals surface area contributed by atoms with Gasteiger partial charge in [-0.05, 0) is 71.4 Å². The van der Waals surface area contributed by atoms with E-state index in [1.165, 1.54) is 0 Å². The highest BCUT2D eigenvalue weighted by atomic mass is 16.5. The van der Waals surface area contributed by atoms with Gasteiger partial charge in [0.1, 0.15) is 0 Å². The van der Waals surface area contributed by atoms with Gasteiger partial charge in [0.2, 0.25) is 0 Å². The van der Waals surface area contributed by atoms with E-state index in [1.807, 2.05) is 36.1 Å². The lowest BCUT2D eigenvalue weighted by Gasteiger charge is -2.40. The molecule has 6 nitrogen and oxygen atoms in total. The van der Waals surface area contributed by atoms with Gasteiger partial charge in [0.05, 0.1) is 5.92 Å². The molecule has 3 rings (SSSR count). The molecule has 1 aromatic rings. The van der Waals surface area contributed by atoms with Gasteiger partial charge in [-0.1, -0.05) is 18.2 Å². The van der Waals surface area contributed by atoms with Crippen molar-refractivity contribution in [2.75, 3.05) is 13.1 Å². The lowest BCUT2D eigenvalue weighted by molar-refractivity contribution is -0.166. The first-order valence-corrected chi connectivity index (χ1v) is 11.2. The van der Waals surface area contributed by atoms with Crippen LogP contribution in [0.2, 0.25) is 0 Å². The largest absolute Gasteiger partial charge is 0.452 e. The molecule has 2 aliphatic rings. The van der Waals surface area contributed by atoms with E-state index in [1.54, 1.807) is 11.8 Å². The fourth-order valence-corrected chi connectivity index (χ4v) is 4.69. The van der Waals surface area contributed by atoms with Gasteiger partial charge in [-0.2, -0.15) is 0 Å². The molecule has 3 atom stereocenters. The summed E-state index contributed by atoms with van der Waals surface area (Å²) < 4.78 is 5.57. The monoisotopic (exact) mass is 414 g/mol. The van der Waals surface area contributed by atoms with Crippen molar-refractivity contribution in [1.29, 1.82) is 0 Å². The number of carbonyl (C=O) groups excluding carboxylic acids is 3. The Hall–Kier alpha value is -2.37. The predicted molar refractivity (Wildman–Crippen MR) is 115 cm³/mol. The van der Waals surface area contributed by atoms with E-state index >= 15 is 0 Å². The van der Waals surface area contributed by atoms with Crippen molar-refractivity contribution in [2.24, 2.45) is 5.92 Å². The summed E-state index contributed by atoms with van der Waals surface area (Å²) in [5.74, 6) is -0.680. The fraction of sp³-hybridized carbons (Fsp3) is 0.625. The van der Waals surface area contributed by atoms with Crippen LogP contribution in [0.4, 0.5) is 0 Å². The maximum atomic E-state index is 12.9. The van der Waals surface area contributed by atoms with Gasteiger partial charge in [-0.15, -0.1) is 0 Å². The molecule has 0 N–H and O–H groups in total. The van der Waals surface area contributed by atoms with Crippen molar-refractivity contribution >= 4 is 17.8 Å². The molecule has 30 heavy (non-hydrogen) atoms. The van der Waals surface area contributed by atoms with Gasteiger partial charge in [0.25, 0.3) is 11.8 Å². The molecule has 0 bridgehead atoms. The third kappa shape index (κ3) is 4.85. The average molecular weight is 415 g/mol. The second-order valence-corrected chi connectivity index (χ2v) is 8.83. The number of esters is 1. The summed E-state index contributed by atoms with van der Waals surface area (Å²) in [4.78, 5) is 42.0. The van der Waals surface area contributed by atoms with Gasteiger partial charge >= 0.3 is 5.97 Å². The number of benzene rings is 1. The van der Waals surface area contributed by atoms with Crippen LogP contribution in [0.3, 0.4) is 0 Å². The summed E-state index contributed by atoms with van der Waals surface area (Å²) in [6, 6.07) is 7.92. The lowest BCUT2D eigenvalue weighted by Crippen LogP contribution is -2.52. The topological polar surface area (TPSA) is 66.9 Å². The molecule has 0 aliphatic carbocycles. The Kier molecular flexibility index (Phi) is 7.16. The molecule has 2 saturated heterocycles. The molecule has 6 heteroatoms. The zero-order valence-electron chi connectivity index (χ0n) is 18.6. The third-order valence-electron chi connectivity index (χ3n) is 6.58. The van der Waals surface area contributed by atoms with E-state index in [2.05, 4.69) is 13.8 Å². The van der Waals surface area contributed by atoms with Crippen LogP contribution in [0.1, 0.15) is 68.8 Å². The molecular weight excluding hydrogens is 380 g/mol. The molecule has 0 radical (unpaired) electrons. The summed E-state index contributed by atoms with van der Waals surface area (Å²) in [5.41, 5.74) is 1.67. The molecule has 1 aromatic carbocycles. The second kappa shape index (κ2) is 9.63. The van der Waals surface area contributed by atoms with Crippen molar-refractivity contribution in [2.45, 2.75) is 78.0 Å². The number of rotatable bonds is 4.